The molecule has 0 spiro atoms. The number of benzene rings is 1. The Morgan fingerprint density at radius 1 is 1.32 bits per heavy atom. The summed E-state index contributed by atoms with van der Waals surface area (Å²) in [6.45, 7) is 2.10. The molecule has 22 heavy (non-hydrogen) atoms. The van der Waals surface area contributed by atoms with E-state index < -0.39 is 0 Å². The predicted molar refractivity (Wildman–Crippen MR) is 82.8 cm³/mol. The zero-order valence-corrected chi connectivity index (χ0v) is 12.5. The molecular weight excluding hydrogens is 282 g/mol. The van der Waals surface area contributed by atoms with Crippen LogP contribution < -0.4 is 0 Å². The highest BCUT2D eigenvalue weighted by Crippen LogP contribution is 2.22. The Balaban J connectivity index is 1.57. The summed E-state index contributed by atoms with van der Waals surface area (Å²) in [4.78, 5) is 14.3. The lowest BCUT2D eigenvalue weighted by molar-refractivity contribution is 0.00332. The molecule has 2 aromatic rings. The number of carbonyl (C=O) groups excluding carboxylic acids is 1. The number of aliphatic hydroxyl groups is 1. The van der Waals surface area contributed by atoms with Crippen LogP contribution in [0.2, 0.25) is 0 Å². The van der Waals surface area contributed by atoms with Crippen molar-refractivity contribution >= 4 is 16.9 Å². The zero-order chi connectivity index (χ0) is 15.4. The normalized spacial score (nSPS) is 16.3. The number of hydrogen-bond donors (Lipinski definition) is 1. The van der Waals surface area contributed by atoms with Crippen molar-refractivity contribution in [2.75, 3.05) is 26.3 Å². The number of aliphatic hydroxyl groups excluding tert-OH is 1. The smallest absolute Gasteiger partial charge is 0.289 e. The molecule has 1 aromatic heterocycles. The molecule has 1 amide bonds. The first-order valence-corrected chi connectivity index (χ1v) is 7.78. The highest BCUT2D eigenvalue weighted by atomic mass is 16.5. The molecular formula is C17H21NO4. The lowest BCUT2D eigenvalue weighted by Gasteiger charge is -2.31. The summed E-state index contributed by atoms with van der Waals surface area (Å²) in [6.07, 6.45) is 2.51. The molecule has 0 saturated carbocycles. The molecule has 1 aliphatic heterocycles. The predicted octanol–water partition coefficient (Wildman–Crippen LogP) is 2.44. The van der Waals surface area contributed by atoms with Crippen LogP contribution >= 0.6 is 0 Å². The van der Waals surface area contributed by atoms with E-state index in [1.54, 1.807) is 0 Å². The molecule has 2 heterocycles. The lowest BCUT2D eigenvalue weighted by Crippen LogP contribution is -2.40. The molecule has 0 aliphatic carbocycles. The summed E-state index contributed by atoms with van der Waals surface area (Å²) < 4.78 is 11.3. The van der Waals surface area contributed by atoms with Gasteiger partial charge in [-0.15, -0.1) is 0 Å². The van der Waals surface area contributed by atoms with Crippen LogP contribution in [0, 0.1) is 0 Å². The monoisotopic (exact) mass is 303 g/mol. The lowest BCUT2D eigenvalue weighted by atomic mass is 10.1. The maximum absolute atomic E-state index is 12.5. The second-order valence-electron chi connectivity index (χ2n) is 5.59. The van der Waals surface area contributed by atoms with Crippen molar-refractivity contribution < 1.29 is 19.1 Å². The van der Waals surface area contributed by atoms with E-state index in [0.29, 0.717) is 31.9 Å². The van der Waals surface area contributed by atoms with Gasteiger partial charge in [-0.2, -0.15) is 0 Å². The van der Waals surface area contributed by atoms with Crippen LogP contribution in [0.3, 0.4) is 0 Å². The molecule has 0 radical (unpaired) electrons. The third-order valence-electron chi connectivity index (χ3n) is 4.02. The van der Waals surface area contributed by atoms with E-state index in [0.717, 1.165) is 23.8 Å². The van der Waals surface area contributed by atoms with Crippen LogP contribution in [-0.4, -0.2) is 48.3 Å². The van der Waals surface area contributed by atoms with E-state index in [9.17, 15) is 4.79 Å². The van der Waals surface area contributed by atoms with Gasteiger partial charge in [-0.05, 0) is 31.4 Å². The second kappa shape index (κ2) is 6.94. The number of amides is 1. The van der Waals surface area contributed by atoms with E-state index in [-0.39, 0.29) is 18.6 Å². The van der Waals surface area contributed by atoms with Crippen LogP contribution in [0.25, 0.3) is 11.0 Å². The highest BCUT2D eigenvalue weighted by Gasteiger charge is 2.25. The van der Waals surface area contributed by atoms with E-state index in [1.807, 2.05) is 35.2 Å². The summed E-state index contributed by atoms with van der Waals surface area (Å²) in [5.74, 6) is 0.353. The second-order valence-corrected chi connectivity index (χ2v) is 5.59. The summed E-state index contributed by atoms with van der Waals surface area (Å²) in [5, 5.41) is 9.71. The van der Waals surface area contributed by atoms with Gasteiger partial charge in [-0.1, -0.05) is 18.2 Å². The van der Waals surface area contributed by atoms with Crippen LogP contribution in [-0.2, 0) is 4.74 Å². The summed E-state index contributed by atoms with van der Waals surface area (Å²) in [6, 6.07) is 9.45. The third kappa shape index (κ3) is 3.31. The fourth-order valence-corrected chi connectivity index (χ4v) is 2.78. The van der Waals surface area contributed by atoms with Crippen molar-refractivity contribution in [2.24, 2.45) is 0 Å². The number of likely N-dealkylation sites (tertiary alicyclic amines) is 1. The molecule has 5 nitrogen and oxygen atoms in total. The number of para-hydroxylation sites is 1. The Hall–Kier alpha value is -1.85. The minimum absolute atomic E-state index is 0.0509. The maximum atomic E-state index is 12.5. The van der Waals surface area contributed by atoms with Gasteiger partial charge in [0.15, 0.2) is 5.76 Å². The average Bonchev–Trinajstić information content (AvgIpc) is 2.99. The number of carbonyl (C=O) groups is 1. The van der Waals surface area contributed by atoms with Crippen LogP contribution in [0.1, 0.15) is 29.8 Å². The SMILES string of the molecule is O=C(c1cc2ccccc2o1)N1CCC(OCCCO)CC1. The summed E-state index contributed by atoms with van der Waals surface area (Å²) >= 11 is 0. The molecule has 1 aliphatic rings. The number of ether oxygens (including phenoxy) is 1. The van der Waals surface area contributed by atoms with Crippen molar-refractivity contribution in [1.82, 2.24) is 4.90 Å². The first-order valence-electron chi connectivity index (χ1n) is 7.78. The minimum Gasteiger partial charge on any atom is -0.451 e. The van der Waals surface area contributed by atoms with Crippen molar-refractivity contribution in [3.05, 3.63) is 36.1 Å². The van der Waals surface area contributed by atoms with Crippen LogP contribution in [0.5, 0.6) is 0 Å². The van der Waals surface area contributed by atoms with Crippen molar-refractivity contribution in [3.8, 4) is 0 Å². The van der Waals surface area contributed by atoms with E-state index >= 15 is 0 Å². The molecule has 3 rings (SSSR count). The molecule has 1 aromatic carbocycles. The third-order valence-corrected chi connectivity index (χ3v) is 4.02. The number of furan rings is 1. The van der Waals surface area contributed by atoms with Crippen molar-refractivity contribution in [3.63, 3.8) is 0 Å². The number of rotatable bonds is 5. The van der Waals surface area contributed by atoms with Crippen molar-refractivity contribution in [2.45, 2.75) is 25.4 Å². The van der Waals surface area contributed by atoms with Gasteiger partial charge in [-0.25, -0.2) is 0 Å². The Kier molecular flexibility index (Phi) is 4.75. The Morgan fingerprint density at radius 2 is 2.09 bits per heavy atom. The van der Waals surface area contributed by atoms with Crippen molar-refractivity contribution in [1.29, 1.82) is 0 Å². The van der Waals surface area contributed by atoms with Gasteiger partial charge in [0.25, 0.3) is 5.91 Å². The van der Waals surface area contributed by atoms with Gasteiger partial charge >= 0.3 is 0 Å². The first-order chi connectivity index (χ1) is 10.8. The van der Waals surface area contributed by atoms with E-state index in [1.165, 1.54) is 0 Å². The Morgan fingerprint density at radius 3 is 2.82 bits per heavy atom. The molecule has 1 fully saturated rings. The van der Waals surface area contributed by atoms with Gasteiger partial charge in [0.05, 0.1) is 6.10 Å². The van der Waals surface area contributed by atoms with Gasteiger partial charge in [0, 0.05) is 31.7 Å². The molecule has 1 saturated heterocycles. The topological polar surface area (TPSA) is 62.9 Å². The molecule has 1 N–H and O–H groups in total. The summed E-state index contributed by atoms with van der Waals surface area (Å²) in [5.41, 5.74) is 0.744. The fourth-order valence-electron chi connectivity index (χ4n) is 2.78. The largest absolute Gasteiger partial charge is 0.451 e. The first kappa shape index (κ1) is 15.1. The molecule has 0 bridgehead atoms. The van der Waals surface area contributed by atoms with Crippen LogP contribution in [0.15, 0.2) is 34.7 Å². The Bertz CT molecular complexity index is 595. The van der Waals surface area contributed by atoms with E-state index in [2.05, 4.69) is 0 Å². The standard InChI is InChI=1S/C17H21NO4/c19-10-3-11-21-14-6-8-18(9-7-14)17(20)16-12-13-4-1-2-5-15(13)22-16/h1-2,4-5,12,14,19H,3,6-11H2. The molecule has 118 valence electrons. The maximum Gasteiger partial charge on any atom is 0.289 e. The minimum atomic E-state index is -0.0509. The van der Waals surface area contributed by atoms with Gasteiger partial charge in [0.2, 0.25) is 0 Å². The average molecular weight is 303 g/mol. The Labute approximate surface area is 129 Å². The number of hydrogen-bond acceptors (Lipinski definition) is 4. The molecule has 0 atom stereocenters. The van der Waals surface area contributed by atoms with Crippen LogP contribution in [0.4, 0.5) is 0 Å². The number of piperidine rings is 1. The summed E-state index contributed by atoms with van der Waals surface area (Å²) in [7, 11) is 0. The number of fused-ring (bicyclic) bond motifs is 1. The highest BCUT2D eigenvalue weighted by molar-refractivity contribution is 5.96. The molecule has 0 unspecified atom stereocenters. The van der Waals surface area contributed by atoms with Gasteiger partial charge < -0.3 is 19.2 Å². The van der Waals surface area contributed by atoms with Gasteiger partial charge in [-0.3, -0.25) is 4.79 Å². The number of nitrogens with zero attached hydrogens (tertiary/aromatic N) is 1. The van der Waals surface area contributed by atoms with E-state index in [4.69, 9.17) is 14.3 Å². The quantitative estimate of drug-likeness (QED) is 0.862. The zero-order valence-electron chi connectivity index (χ0n) is 12.5. The fraction of sp³-hybridized carbons (Fsp3) is 0.471. The van der Waals surface area contributed by atoms with Gasteiger partial charge in [0.1, 0.15) is 5.58 Å². The molecule has 5 heteroatoms.